The van der Waals surface area contributed by atoms with E-state index in [1.165, 1.54) is 32.4 Å². The molecule has 0 saturated carbocycles. The number of carbonyl (C=O) groups excluding carboxylic acids is 1. The van der Waals surface area contributed by atoms with Gasteiger partial charge in [-0.25, -0.2) is 0 Å². The van der Waals surface area contributed by atoms with Crippen molar-refractivity contribution in [2.45, 2.75) is 38.6 Å². The van der Waals surface area contributed by atoms with E-state index in [1.54, 1.807) is 0 Å². The zero-order valence-corrected chi connectivity index (χ0v) is 13.0. The van der Waals surface area contributed by atoms with Crippen LogP contribution in [0.5, 0.6) is 0 Å². The highest BCUT2D eigenvalue weighted by molar-refractivity contribution is 5.85. The second kappa shape index (κ2) is 8.08. The summed E-state index contributed by atoms with van der Waals surface area (Å²) in [5, 5.41) is 6.46. The maximum absolute atomic E-state index is 12.1. The molecule has 2 rings (SSSR count). The van der Waals surface area contributed by atoms with Crippen molar-refractivity contribution in [1.82, 2.24) is 15.5 Å². The second-order valence-corrected chi connectivity index (χ2v) is 6.13. The van der Waals surface area contributed by atoms with Crippen LogP contribution in [0, 0.1) is 11.8 Å². The third-order valence-corrected chi connectivity index (χ3v) is 4.39. The SMILES string of the molecule is CC1CCNC(C(=O)NCC2CCN(C)CC2)C1.Cl. The molecule has 0 aromatic rings. The molecular formula is C14H28ClN3O. The number of halogens is 1. The summed E-state index contributed by atoms with van der Waals surface area (Å²) < 4.78 is 0. The van der Waals surface area contributed by atoms with Gasteiger partial charge in [-0.05, 0) is 64.2 Å². The summed E-state index contributed by atoms with van der Waals surface area (Å²) in [5.74, 6) is 1.55. The fourth-order valence-electron chi connectivity index (χ4n) is 2.94. The molecule has 0 aliphatic carbocycles. The van der Waals surface area contributed by atoms with E-state index < -0.39 is 0 Å². The average Bonchev–Trinajstić information content (AvgIpc) is 2.38. The van der Waals surface area contributed by atoms with Crippen molar-refractivity contribution >= 4 is 18.3 Å². The van der Waals surface area contributed by atoms with Crippen molar-refractivity contribution < 1.29 is 4.79 Å². The number of hydrogen-bond donors (Lipinski definition) is 2. The first-order valence-electron chi connectivity index (χ1n) is 7.35. The third-order valence-electron chi connectivity index (χ3n) is 4.39. The summed E-state index contributed by atoms with van der Waals surface area (Å²) in [6.07, 6.45) is 4.61. The van der Waals surface area contributed by atoms with Crippen LogP contribution in [0.2, 0.25) is 0 Å². The fourth-order valence-corrected chi connectivity index (χ4v) is 2.94. The zero-order valence-electron chi connectivity index (χ0n) is 12.2. The molecule has 0 spiro atoms. The summed E-state index contributed by atoms with van der Waals surface area (Å²) in [5.41, 5.74) is 0. The molecule has 2 heterocycles. The molecule has 5 heteroatoms. The maximum atomic E-state index is 12.1. The largest absolute Gasteiger partial charge is 0.354 e. The van der Waals surface area contributed by atoms with Gasteiger partial charge < -0.3 is 15.5 Å². The Hall–Kier alpha value is -0.320. The Labute approximate surface area is 123 Å². The Balaban J connectivity index is 0.00000180. The molecule has 112 valence electrons. The standard InChI is InChI=1S/C14H27N3O.ClH/c1-11-3-6-15-13(9-11)14(18)16-10-12-4-7-17(2)8-5-12;/h11-13,15H,3-10H2,1-2H3,(H,16,18);1H. The van der Waals surface area contributed by atoms with Gasteiger partial charge in [-0.2, -0.15) is 0 Å². The normalized spacial score (nSPS) is 29.6. The highest BCUT2D eigenvalue weighted by Gasteiger charge is 2.25. The van der Waals surface area contributed by atoms with Crippen LogP contribution in [-0.2, 0) is 4.79 Å². The molecule has 2 N–H and O–H groups in total. The molecule has 2 aliphatic rings. The number of nitrogens with zero attached hydrogens (tertiary/aromatic N) is 1. The van der Waals surface area contributed by atoms with Gasteiger partial charge in [-0.15, -0.1) is 12.4 Å². The van der Waals surface area contributed by atoms with Crippen LogP contribution in [0.1, 0.15) is 32.6 Å². The van der Waals surface area contributed by atoms with Crippen LogP contribution in [-0.4, -0.2) is 50.1 Å². The van der Waals surface area contributed by atoms with Gasteiger partial charge in [-0.3, -0.25) is 4.79 Å². The molecule has 2 aliphatic heterocycles. The molecule has 0 aromatic heterocycles. The van der Waals surface area contributed by atoms with Crippen LogP contribution in [0.15, 0.2) is 0 Å². The van der Waals surface area contributed by atoms with Gasteiger partial charge in [0.25, 0.3) is 0 Å². The van der Waals surface area contributed by atoms with E-state index in [-0.39, 0.29) is 24.4 Å². The Morgan fingerprint density at radius 1 is 1.32 bits per heavy atom. The van der Waals surface area contributed by atoms with Crippen LogP contribution >= 0.6 is 12.4 Å². The molecule has 2 saturated heterocycles. The molecule has 4 nitrogen and oxygen atoms in total. The monoisotopic (exact) mass is 289 g/mol. The Kier molecular flexibility index (Phi) is 7.11. The summed E-state index contributed by atoms with van der Waals surface area (Å²) >= 11 is 0. The van der Waals surface area contributed by atoms with Crippen molar-refractivity contribution in [3.05, 3.63) is 0 Å². The number of likely N-dealkylation sites (tertiary alicyclic amines) is 1. The van der Waals surface area contributed by atoms with Gasteiger partial charge >= 0.3 is 0 Å². The van der Waals surface area contributed by atoms with Gasteiger partial charge in [0.1, 0.15) is 0 Å². The summed E-state index contributed by atoms with van der Waals surface area (Å²) in [4.78, 5) is 14.4. The third kappa shape index (κ3) is 5.28. The van der Waals surface area contributed by atoms with E-state index in [2.05, 4.69) is 29.5 Å². The van der Waals surface area contributed by atoms with E-state index >= 15 is 0 Å². The second-order valence-electron chi connectivity index (χ2n) is 6.13. The molecule has 0 bridgehead atoms. The number of rotatable bonds is 3. The number of carbonyl (C=O) groups is 1. The Morgan fingerprint density at radius 3 is 2.63 bits per heavy atom. The van der Waals surface area contributed by atoms with Crippen LogP contribution in [0.25, 0.3) is 0 Å². The van der Waals surface area contributed by atoms with E-state index in [0.717, 1.165) is 19.5 Å². The lowest BCUT2D eigenvalue weighted by atomic mass is 9.93. The summed E-state index contributed by atoms with van der Waals surface area (Å²) in [7, 11) is 2.17. The van der Waals surface area contributed by atoms with E-state index in [9.17, 15) is 4.79 Å². The lowest BCUT2D eigenvalue weighted by Crippen LogP contribution is -2.49. The lowest BCUT2D eigenvalue weighted by molar-refractivity contribution is -0.124. The van der Waals surface area contributed by atoms with Crippen LogP contribution < -0.4 is 10.6 Å². The van der Waals surface area contributed by atoms with Crippen LogP contribution in [0.4, 0.5) is 0 Å². The fraction of sp³-hybridized carbons (Fsp3) is 0.929. The molecular weight excluding hydrogens is 262 g/mol. The van der Waals surface area contributed by atoms with Crippen molar-refractivity contribution in [1.29, 1.82) is 0 Å². The first kappa shape index (κ1) is 16.7. The minimum atomic E-state index is 0. The first-order chi connectivity index (χ1) is 8.65. The van der Waals surface area contributed by atoms with Gasteiger partial charge in [-0.1, -0.05) is 6.92 Å². The minimum absolute atomic E-state index is 0. The summed E-state index contributed by atoms with van der Waals surface area (Å²) in [6, 6.07) is 0.0417. The number of nitrogens with one attached hydrogen (secondary N) is 2. The topological polar surface area (TPSA) is 44.4 Å². The van der Waals surface area contributed by atoms with E-state index in [4.69, 9.17) is 0 Å². The van der Waals surface area contributed by atoms with Crippen molar-refractivity contribution in [3.8, 4) is 0 Å². The van der Waals surface area contributed by atoms with Crippen molar-refractivity contribution in [3.63, 3.8) is 0 Å². The molecule has 0 radical (unpaired) electrons. The lowest BCUT2D eigenvalue weighted by Gasteiger charge is -2.31. The zero-order chi connectivity index (χ0) is 13.0. The number of amides is 1. The maximum Gasteiger partial charge on any atom is 0.237 e. The van der Waals surface area contributed by atoms with Crippen molar-refractivity contribution in [2.75, 3.05) is 33.2 Å². The highest BCUT2D eigenvalue weighted by Crippen LogP contribution is 2.17. The van der Waals surface area contributed by atoms with Crippen LogP contribution in [0.3, 0.4) is 0 Å². The molecule has 19 heavy (non-hydrogen) atoms. The molecule has 2 atom stereocenters. The Morgan fingerprint density at radius 2 is 2.00 bits per heavy atom. The smallest absolute Gasteiger partial charge is 0.237 e. The number of piperidine rings is 2. The molecule has 0 aromatic carbocycles. The molecule has 2 unspecified atom stereocenters. The molecule has 1 amide bonds. The minimum Gasteiger partial charge on any atom is -0.354 e. The van der Waals surface area contributed by atoms with Crippen molar-refractivity contribution in [2.24, 2.45) is 11.8 Å². The predicted octanol–water partition coefficient (Wildman–Crippen LogP) is 1.25. The Bertz CT molecular complexity index is 280. The van der Waals surface area contributed by atoms with E-state index in [1.807, 2.05) is 0 Å². The van der Waals surface area contributed by atoms with Gasteiger partial charge in [0.2, 0.25) is 5.91 Å². The van der Waals surface area contributed by atoms with Gasteiger partial charge in [0.05, 0.1) is 6.04 Å². The quantitative estimate of drug-likeness (QED) is 0.822. The summed E-state index contributed by atoms with van der Waals surface area (Å²) in [6.45, 7) is 6.41. The van der Waals surface area contributed by atoms with Gasteiger partial charge in [0, 0.05) is 6.54 Å². The number of hydrogen-bond acceptors (Lipinski definition) is 3. The predicted molar refractivity (Wildman–Crippen MR) is 80.7 cm³/mol. The highest BCUT2D eigenvalue weighted by atomic mass is 35.5. The molecule has 2 fully saturated rings. The average molecular weight is 290 g/mol. The van der Waals surface area contributed by atoms with E-state index in [0.29, 0.717) is 11.8 Å². The first-order valence-corrected chi connectivity index (χ1v) is 7.35. The van der Waals surface area contributed by atoms with Gasteiger partial charge in [0.15, 0.2) is 0 Å².